The lowest BCUT2D eigenvalue weighted by Gasteiger charge is -2.25. The van der Waals surface area contributed by atoms with Gasteiger partial charge in [-0.25, -0.2) is 4.98 Å². The van der Waals surface area contributed by atoms with Crippen LogP contribution < -0.4 is 0 Å². The molecular weight excluding hydrogens is 342 g/mol. The predicted molar refractivity (Wildman–Crippen MR) is 99.9 cm³/mol. The number of hydrogen-bond acceptors (Lipinski definition) is 5. The lowest BCUT2D eigenvalue weighted by Crippen LogP contribution is -2.36. The van der Waals surface area contributed by atoms with Crippen molar-refractivity contribution in [1.29, 1.82) is 0 Å². The van der Waals surface area contributed by atoms with Crippen LogP contribution in [0.4, 0.5) is 0 Å². The first-order valence-electron chi connectivity index (χ1n) is 9.18. The minimum atomic E-state index is 0.147. The highest BCUT2D eigenvalue weighted by molar-refractivity contribution is 5.76. The number of oxazole rings is 1. The molecule has 4 rings (SSSR count). The quantitative estimate of drug-likeness (QED) is 0.710. The van der Waals surface area contributed by atoms with Crippen molar-refractivity contribution in [2.45, 2.75) is 39.7 Å². The summed E-state index contributed by atoms with van der Waals surface area (Å²) in [5.74, 6) is 1.59. The van der Waals surface area contributed by atoms with Gasteiger partial charge in [0.25, 0.3) is 0 Å². The Kier molecular flexibility index (Phi) is 4.51. The Morgan fingerprint density at radius 3 is 2.89 bits per heavy atom. The van der Waals surface area contributed by atoms with Crippen LogP contribution in [0, 0.1) is 13.8 Å². The van der Waals surface area contributed by atoms with Gasteiger partial charge in [-0.3, -0.25) is 14.5 Å². The van der Waals surface area contributed by atoms with Gasteiger partial charge in [0.05, 0.1) is 17.8 Å². The number of hydrogen-bond donors (Lipinski definition) is 0. The number of pyridine rings is 1. The van der Waals surface area contributed by atoms with E-state index in [0.717, 1.165) is 28.4 Å². The number of aryl methyl sites for hydroxylation is 2. The summed E-state index contributed by atoms with van der Waals surface area (Å²) >= 11 is 0. The number of amides is 1. The fraction of sp³-hybridized carbons (Fsp3) is 0.400. The molecule has 3 aromatic heterocycles. The van der Waals surface area contributed by atoms with Crippen LogP contribution in [0.15, 0.2) is 28.9 Å². The van der Waals surface area contributed by atoms with Crippen LogP contribution in [-0.2, 0) is 31.2 Å². The average molecular weight is 365 g/mol. The minimum absolute atomic E-state index is 0.147. The number of carbonyl (C=O) groups excluding carboxylic acids is 1. The van der Waals surface area contributed by atoms with E-state index in [1.54, 1.807) is 12.4 Å². The van der Waals surface area contributed by atoms with E-state index in [1.165, 1.54) is 5.56 Å². The maximum Gasteiger partial charge on any atom is 0.228 e. The zero-order valence-corrected chi connectivity index (χ0v) is 15.9. The average Bonchev–Trinajstić information content (AvgIpc) is 3.21. The Morgan fingerprint density at radius 2 is 2.19 bits per heavy atom. The summed E-state index contributed by atoms with van der Waals surface area (Å²) in [5, 5.41) is 4.43. The van der Waals surface area contributed by atoms with Gasteiger partial charge < -0.3 is 9.32 Å². The van der Waals surface area contributed by atoms with Crippen molar-refractivity contribution in [3.63, 3.8) is 0 Å². The van der Waals surface area contributed by atoms with E-state index in [1.807, 2.05) is 42.6 Å². The maximum absolute atomic E-state index is 12.7. The van der Waals surface area contributed by atoms with Crippen LogP contribution in [0.25, 0.3) is 11.5 Å². The molecule has 3 aromatic rings. The molecule has 1 aliphatic heterocycles. The van der Waals surface area contributed by atoms with E-state index >= 15 is 0 Å². The summed E-state index contributed by atoms with van der Waals surface area (Å²) in [4.78, 5) is 23.3. The molecule has 4 heterocycles. The summed E-state index contributed by atoms with van der Waals surface area (Å²) in [6, 6.07) is 3.78. The van der Waals surface area contributed by atoms with Crippen molar-refractivity contribution in [3.05, 3.63) is 52.9 Å². The lowest BCUT2D eigenvalue weighted by molar-refractivity contribution is -0.132. The first-order chi connectivity index (χ1) is 13.0. The van der Waals surface area contributed by atoms with Crippen LogP contribution in [-0.4, -0.2) is 37.1 Å². The van der Waals surface area contributed by atoms with Crippen LogP contribution in [0.1, 0.15) is 34.8 Å². The molecular formula is C20H23N5O2. The van der Waals surface area contributed by atoms with Crippen molar-refractivity contribution in [3.8, 4) is 11.5 Å². The van der Waals surface area contributed by atoms with E-state index in [9.17, 15) is 4.79 Å². The number of rotatable bonds is 4. The number of fused-ring (bicyclic) bond motifs is 1. The summed E-state index contributed by atoms with van der Waals surface area (Å²) in [6.07, 6.45) is 5.35. The first-order valence-corrected chi connectivity index (χ1v) is 9.18. The fourth-order valence-electron chi connectivity index (χ4n) is 3.59. The topological polar surface area (TPSA) is 77.0 Å². The number of carbonyl (C=O) groups is 1. The Bertz CT molecular complexity index is 974. The van der Waals surface area contributed by atoms with E-state index in [4.69, 9.17) is 4.42 Å². The molecule has 0 atom stereocenters. The predicted octanol–water partition coefficient (Wildman–Crippen LogP) is 2.60. The Morgan fingerprint density at radius 1 is 1.33 bits per heavy atom. The second kappa shape index (κ2) is 6.98. The highest BCUT2D eigenvalue weighted by Crippen LogP contribution is 2.26. The molecule has 7 heteroatoms. The van der Waals surface area contributed by atoms with Gasteiger partial charge in [0, 0.05) is 44.5 Å². The zero-order valence-electron chi connectivity index (χ0n) is 15.9. The summed E-state index contributed by atoms with van der Waals surface area (Å²) < 4.78 is 7.76. The van der Waals surface area contributed by atoms with E-state index in [0.29, 0.717) is 38.2 Å². The van der Waals surface area contributed by atoms with Gasteiger partial charge in [-0.1, -0.05) is 0 Å². The largest absolute Gasteiger partial charge is 0.441 e. The van der Waals surface area contributed by atoms with Crippen LogP contribution in [0.2, 0.25) is 0 Å². The molecule has 140 valence electrons. The van der Waals surface area contributed by atoms with Gasteiger partial charge in [0.2, 0.25) is 11.8 Å². The van der Waals surface area contributed by atoms with Crippen LogP contribution in [0.5, 0.6) is 0 Å². The monoisotopic (exact) mass is 365 g/mol. The van der Waals surface area contributed by atoms with E-state index < -0.39 is 0 Å². The van der Waals surface area contributed by atoms with Crippen molar-refractivity contribution in [2.24, 2.45) is 7.05 Å². The zero-order chi connectivity index (χ0) is 19.0. The second-order valence-corrected chi connectivity index (χ2v) is 6.97. The first kappa shape index (κ1) is 17.5. The highest BCUT2D eigenvalue weighted by atomic mass is 16.4. The normalized spacial score (nSPS) is 13.7. The van der Waals surface area contributed by atoms with Crippen molar-refractivity contribution in [2.75, 3.05) is 6.54 Å². The summed E-state index contributed by atoms with van der Waals surface area (Å²) in [7, 11) is 1.93. The van der Waals surface area contributed by atoms with Crippen molar-refractivity contribution >= 4 is 5.91 Å². The lowest BCUT2D eigenvalue weighted by atomic mass is 10.1. The molecule has 0 N–H and O–H groups in total. The smallest absolute Gasteiger partial charge is 0.228 e. The summed E-state index contributed by atoms with van der Waals surface area (Å²) in [5.41, 5.74) is 5.00. The molecule has 27 heavy (non-hydrogen) atoms. The number of nitrogens with zero attached hydrogens (tertiary/aromatic N) is 5. The number of aromatic nitrogens is 4. The van der Waals surface area contributed by atoms with Crippen LogP contribution >= 0.6 is 0 Å². The fourth-order valence-corrected chi connectivity index (χ4v) is 3.59. The Labute approximate surface area is 158 Å². The molecule has 7 nitrogen and oxygen atoms in total. The maximum atomic E-state index is 12.7. The molecule has 0 spiro atoms. The molecule has 0 unspecified atom stereocenters. The van der Waals surface area contributed by atoms with Crippen molar-refractivity contribution in [1.82, 2.24) is 24.6 Å². The molecule has 1 aliphatic rings. The van der Waals surface area contributed by atoms with Crippen molar-refractivity contribution < 1.29 is 9.21 Å². The van der Waals surface area contributed by atoms with Crippen LogP contribution in [0.3, 0.4) is 0 Å². The van der Waals surface area contributed by atoms with E-state index in [2.05, 4.69) is 15.1 Å². The van der Waals surface area contributed by atoms with E-state index in [-0.39, 0.29) is 5.91 Å². The third kappa shape index (κ3) is 3.37. The molecule has 0 aromatic carbocycles. The minimum Gasteiger partial charge on any atom is -0.441 e. The van der Waals surface area contributed by atoms with Gasteiger partial charge in [-0.05, 0) is 38.0 Å². The highest BCUT2D eigenvalue weighted by Gasteiger charge is 2.26. The molecule has 0 saturated carbocycles. The Hall–Kier alpha value is -2.96. The molecule has 0 radical (unpaired) electrons. The molecule has 1 amide bonds. The molecule has 0 fully saturated rings. The standard InChI is InChI=1S/C20H23N5O2/c1-13-16(14(2)24(3)23-13)6-7-19(26)25-10-8-18-17(12-25)22-20(27-18)15-5-4-9-21-11-15/h4-5,9,11H,6-8,10,12H2,1-3H3. The Balaban J connectivity index is 1.43. The van der Waals surface area contributed by atoms with Gasteiger partial charge in [-0.15, -0.1) is 0 Å². The molecule has 0 saturated heterocycles. The van der Waals surface area contributed by atoms with Gasteiger partial charge in [-0.2, -0.15) is 5.10 Å². The third-order valence-corrected chi connectivity index (χ3v) is 5.24. The second-order valence-electron chi connectivity index (χ2n) is 6.97. The SMILES string of the molecule is Cc1nn(C)c(C)c1CCC(=O)N1CCc2oc(-c3cccnc3)nc2C1. The summed E-state index contributed by atoms with van der Waals surface area (Å²) in [6.45, 7) is 5.21. The van der Waals surface area contributed by atoms with Gasteiger partial charge >= 0.3 is 0 Å². The van der Waals surface area contributed by atoms with Gasteiger partial charge in [0.15, 0.2) is 0 Å². The third-order valence-electron chi connectivity index (χ3n) is 5.24. The van der Waals surface area contributed by atoms with Gasteiger partial charge in [0.1, 0.15) is 11.5 Å². The molecule has 0 aliphatic carbocycles. The molecule has 0 bridgehead atoms.